The Bertz CT molecular complexity index is 868. The summed E-state index contributed by atoms with van der Waals surface area (Å²) in [5, 5.41) is 7.99. The standard InChI is InChI=1S/C25H32N4O4/c1-3-32-22-14-10-8-12-20(22)18-26-28-24(30)16-6-5-7-17-25(31)29-27-19-21-13-9-11-15-23(21)33-4-2/h8-15,18-19H,3-7,16-17H2,1-2H3,(H,28,30)(H,29,31)/b26-18-,27-19-. The van der Waals surface area contributed by atoms with Gasteiger partial charge in [-0.05, 0) is 51.0 Å². The molecule has 8 nitrogen and oxygen atoms in total. The number of amides is 2. The molecule has 176 valence electrons. The molecule has 0 heterocycles. The number of hydrogen-bond acceptors (Lipinski definition) is 6. The second-order valence-electron chi connectivity index (χ2n) is 7.09. The lowest BCUT2D eigenvalue weighted by atomic mass is 10.1. The van der Waals surface area contributed by atoms with Gasteiger partial charge >= 0.3 is 0 Å². The predicted molar refractivity (Wildman–Crippen MR) is 130 cm³/mol. The second kappa shape index (κ2) is 15.2. The van der Waals surface area contributed by atoms with E-state index in [9.17, 15) is 9.59 Å². The van der Waals surface area contributed by atoms with E-state index < -0.39 is 0 Å². The number of ether oxygens (including phenoxy) is 2. The van der Waals surface area contributed by atoms with Crippen LogP contribution in [-0.2, 0) is 9.59 Å². The van der Waals surface area contributed by atoms with E-state index in [0.29, 0.717) is 38.9 Å². The van der Waals surface area contributed by atoms with Gasteiger partial charge in [0, 0.05) is 24.0 Å². The third-order valence-corrected chi connectivity index (χ3v) is 4.53. The average Bonchev–Trinajstić information content (AvgIpc) is 2.81. The molecule has 0 fully saturated rings. The summed E-state index contributed by atoms with van der Waals surface area (Å²) in [5.74, 6) is 1.11. The summed E-state index contributed by atoms with van der Waals surface area (Å²) in [5.41, 5.74) is 6.65. The first-order chi connectivity index (χ1) is 16.1. The normalized spacial score (nSPS) is 11.0. The number of carbonyl (C=O) groups is 2. The van der Waals surface area contributed by atoms with E-state index in [0.717, 1.165) is 29.0 Å². The maximum absolute atomic E-state index is 11.9. The van der Waals surface area contributed by atoms with E-state index in [-0.39, 0.29) is 11.8 Å². The fraction of sp³-hybridized carbons (Fsp3) is 0.360. The van der Waals surface area contributed by atoms with Crippen LogP contribution < -0.4 is 20.3 Å². The van der Waals surface area contributed by atoms with Crippen LogP contribution >= 0.6 is 0 Å². The largest absolute Gasteiger partial charge is 0.493 e. The lowest BCUT2D eigenvalue weighted by molar-refractivity contribution is -0.121. The number of hydrazone groups is 2. The van der Waals surface area contributed by atoms with Gasteiger partial charge in [-0.3, -0.25) is 9.59 Å². The highest BCUT2D eigenvalue weighted by atomic mass is 16.5. The van der Waals surface area contributed by atoms with Crippen molar-refractivity contribution in [2.45, 2.75) is 46.0 Å². The van der Waals surface area contributed by atoms with Crippen LogP contribution in [0.15, 0.2) is 58.7 Å². The van der Waals surface area contributed by atoms with Gasteiger partial charge in [-0.25, -0.2) is 10.9 Å². The SMILES string of the molecule is CCOc1ccccc1/C=N\NC(=O)CCCCCC(=O)N/N=C\c1ccccc1OCC. The summed E-state index contributed by atoms with van der Waals surface area (Å²) >= 11 is 0. The molecule has 0 saturated heterocycles. The van der Waals surface area contributed by atoms with Crippen molar-refractivity contribution in [2.24, 2.45) is 10.2 Å². The van der Waals surface area contributed by atoms with Crippen molar-refractivity contribution in [3.8, 4) is 11.5 Å². The third-order valence-electron chi connectivity index (χ3n) is 4.53. The van der Waals surface area contributed by atoms with Gasteiger partial charge < -0.3 is 9.47 Å². The van der Waals surface area contributed by atoms with Gasteiger partial charge in [-0.2, -0.15) is 10.2 Å². The number of unbranched alkanes of at least 4 members (excludes halogenated alkanes) is 2. The van der Waals surface area contributed by atoms with Gasteiger partial charge in [0.1, 0.15) is 11.5 Å². The van der Waals surface area contributed by atoms with Crippen molar-refractivity contribution in [1.29, 1.82) is 0 Å². The van der Waals surface area contributed by atoms with Gasteiger partial charge in [0.15, 0.2) is 0 Å². The Hall–Kier alpha value is -3.68. The van der Waals surface area contributed by atoms with E-state index in [1.54, 1.807) is 12.4 Å². The average molecular weight is 453 g/mol. The predicted octanol–water partition coefficient (Wildman–Crippen LogP) is 4.03. The molecular weight excluding hydrogens is 420 g/mol. The molecule has 33 heavy (non-hydrogen) atoms. The van der Waals surface area contributed by atoms with Crippen LogP contribution in [0.3, 0.4) is 0 Å². The Morgan fingerprint density at radius 3 is 1.58 bits per heavy atom. The van der Waals surface area contributed by atoms with Crippen LogP contribution in [0.1, 0.15) is 57.1 Å². The smallest absolute Gasteiger partial charge is 0.240 e. The van der Waals surface area contributed by atoms with E-state index in [1.165, 1.54) is 0 Å². The molecule has 0 saturated carbocycles. The van der Waals surface area contributed by atoms with Crippen molar-refractivity contribution >= 4 is 24.2 Å². The van der Waals surface area contributed by atoms with Crippen molar-refractivity contribution < 1.29 is 19.1 Å². The van der Waals surface area contributed by atoms with Crippen LogP contribution in [0, 0.1) is 0 Å². The molecule has 2 aromatic carbocycles. The number of carbonyl (C=O) groups excluding carboxylic acids is 2. The molecule has 0 bridgehead atoms. The van der Waals surface area contributed by atoms with E-state index in [2.05, 4.69) is 21.1 Å². The molecule has 0 aliphatic carbocycles. The van der Waals surface area contributed by atoms with Crippen molar-refractivity contribution in [1.82, 2.24) is 10.9 Å². The Labute approximate surface area is 195 Å². The minimum atomic E-state index is -0.165. The fourth-order valence-corrected chi connectivity index (χ4v) is 2.96. The fourth-order valence-electron chi connectivity index (χ4n) is 2.96. The minimum absolute atomic E-state index is 0.165. The summed E-state index contributed by atoms with van der Waals surface area (Å²) in [6, 6.07) is 15.0. The maximum atomic E-state index is 11.9. The van der Waals surface area contributed by atoms with E-state index in [4.69, 9.17) is 9.47 Å². The first-order valence-corrected chi connectivity index (χ1v) is 11.2. The van der Waals surface area contributed by atoms with Gasteiger partial charge in [-0.1, -0.05) is 30.7 Å². The van der Waals surface area contributed by atoms with Crippen LogP contribution in [0.4, 0.5) is 0 Å². The number of rotatable bonds is 14. The monoisotopic (exact) mass is 452 g/mol. The molecular formula is C25H32N4O4. The molecule has 0 aromatic heterocycles. The lowest BCUT2D eigenvalue weighted by Gasteiger charge is -2.06. The Morgan fingerprint density at radius 1 is 0.727 bits per heavy atom. The molecule has 0 aliphatic rings. The number of benzene rings is 2. The van der Waals surface area contributed by atoms with Crippen LogP contribution in [0.5, 0.6) is 11.5 Å². The van der Waals surface area contributed by atoms with E-state index >= 15 is 0 Å². The minimum Gasteiger partial charge on any atom is -0.493 e. The first kappa shape index (κ1) is 25.6. The zero-order valence-electron chi connectivity index (χ0n) is 19.3. The maximum Gasteiger partial charge on any atom is 0.240 e. The highest BCUT2D eigenvalue weighted by Gasteiger charge is 2.04. The quantitative estimate of drug-likeness (QED) is 0.257. The molecule has 2 aromatic rings. The first-order valence-electron chi connectivity index (χ1n) is 11.2. The summed E-state index contributed by atoms with van der Waals surface area (Å²) in [6.07, 6.45) is 5.94. The Balaban J connectivity index is 1.60. The molecule has 0 radical (unpaired) electrons. The zero-order valence-corrected chi connectivity index (χ0v) is 19.3. The van der Waals surface area contributed by atoms with Gasteiger partial charge in [0.25, 0.3) is 0 Å². The number of nitrogens with one attached hydrogen (secondary N) is 2. The van der Waals surface area contributed by atoms with Crippen molar-refractivity contribution in [3.05, 3.63) is 59.7 Å². The number of hydrogen-bond donors (Lipinski definition) is 2. The highest BCUT2D eigenvalue weighted by molar-refractivity contribution is 5.86. The van der Waals surface area contributed by atoms with Crippen molar-refractivity contribution in [2.75, 3.05) is 13.2 Å². The van der Waals surface area contributed by atoms with Gasteiger partial charge in [0.2, 0.25) is 11.8 Å². The topological polar surface area (TPSA) is 101 Å². The van der Waals surface area contributed by atoms with E-state index in [1.807, 2.05) is 62.4 Å². The highest BCUT2D eigenvalue weighted by Crippen LogP contribution is 2.16. The molecule has 2 rings (SSSR count). The number of para-hydroxylation sites is 2. The second-order valence-corrected chi connectivity index (χ2v) is 7.09. The molecule has 2 amide bonds. The summed E-state index contributed by atoms with van der Waals surface area (Å²) in [4.78, 5) is 23.9. The molecule has 0 unspecified atom stereocenters. The summed E-state index contributed by atoms with van der Waals surface area (Å²) in [6.45, 7) is 4.94. The zero-order chi connectivity index (χ0) is 23.7. The summed E-state index contributed by atoms with van der Waals surface area (Å²) < 4.78 is 11.0. The molecule has 0 aliphatic heterocycles. The third kappa shape index (κ3) is 9.99. The lowest BCUT2D eigenvalue weighted by Crippen LogP contribution is -2.18. The number of nitrogens with zero attached hydrogens (tertiary/aromatic N) is 2. The van der Waals surface area contributed by atoms with Crippen molar-refractivity contribution in [3.63, 3.8) is 0 Å². The summed E-state index contributed by atoms with van der Waals surface area (Å²) in [7, 11) is 0. The van der Waals surface area contributed by atoms with Crippen LogP contribution in [-0.4, -0.2) is 37.5 Å². The molecule has 0 atom stereocenters. The Kier molecular flexibility index (Phi) is 11.8. The Morgan fingerprint density at radius 2 is 1.15 bits per heavy atom. The molecule has 2 N–H and O–H groups in total. The van der Waals surface area contributed by atoms with Gasteiger partial charge in [-0.15, -0.1) is 0 Å². The molecule has 8 heteroatoms. The van der Waals surface area contributed by atoms with Crippen LogP contribution in [0.2, 0.25) is 0 Å². The van der Waals surface area contributed by atoms with Gasteiger partial charge in [0.05, 0.1) is 25.6 Å². The molecule has 0 spiro atoms. The van der Waals surface area contributed by atoms with Crippen LogP contribution in [0.25, 0.3) is 0 Å².